The maximum absolute atomic E-state index is 13.9. The summed E-state index contributed by atoms with van der Waals surface area (Å²) >= 11 is 0. The van der Waals surface area contributed by atoms with Crippen LogP contribution in [-0.4, -0.2) is 37.0 Å². The van der Waals surface area contributed by atoms with Crippen molar-refractivity contribution in [2.24, 2.45) is 17.8 Å². The van der Waals surface area contributed by atoms with Crippen LogP contribution in [0, 0.1) is 29.4 Å². The Morgan fingerprint density at radius 2 is 1.83 bits per heavy atom. The highest BCUT2D eigenvalue weighted by molar-refractivity contribution is 5.83. The molecule has 1 aromatic carbocycles. The molecule has 1 N–H and O–H groups in total. The first-order valence-corrected chi connectivity index (χ1v) is 8.58. The standard InChI is InChI=1S/C18H22F2N2O/c19-13-1-2-17(20)15(7-13)14-8-16(14)18(23)22-5-3-11-9-21-10-12(11)4-6-22/h1-2,7,11-12,14,16,21H,3-6,8-10H2/t11-,12+,14?,16?. The van der Waals surface area contributed by atoms with Crippen molar-refractivity contribution in [3.8, 4) is 0 Å². The van der Waals surface area contributed by atoms with Gasteiger partial charge in [-0.1, -0.05) is 0 Å². The van der Waals surface area contributed by atoms with Gasteiger partial charge in [0.15, 0.2) is 0 Å². The van der Waals surface area contributed by atoms with Gasteiger partial charge in [-0.25, -0.2) is 8.78 Å². The zero-order valence-electron chi connectivity index (χ0n) is 13.1. The summed E-state index contributed by atoms with van der Waals surface area (Å²) in [6.07, 6.45) is 2.74. The number of rotatable bonds is 2. The highest BCUT2D eigenvalue weighted by Gasteiger charge is 2.47. The number of carbonyl (C=O) groups is 1. The fourth-order valence-electron chi connectivity index (χ4n) is 4.28. The summed E-state index contributed by atoms with van der Waals surface area (Å²) in [5.74, 6) is 0.348. The van der Waals surface area contributed by atoms with Crippen LogP contribution in [0.3, 0.4) is 0 Å². The molecule has 3 aliphatic rings. The van der Waals surface area contributed by atoms with Gasteiger partial charge in [0.05, 0.1) is 0 Å². The predicted molar refractivity (Wildman–Crippen MR) is 82.9 cm³/mol. The highest BCUT2D eigenvalue weighted by Crippen LogP contribution is 2.49. The van der Waals surface area contributed by atoms with E-state index in [9.17, 15) is 13.6 Å². The monoisotopic (exact) mass is 320 g/mol. The first-order valence-electron chi connectivity index (χ1n) is 8.58. The van der Waals surface area contributed by atoms with E-state index in [-0.39, 0.29) is 17.7 Å². The van der Waals surface area contributed by atoms with Gasteiger partial charge < -0.3 is 10.2 Å². The molecule has 1 aliphatic carbocycles. The van der Waals surface area contributed by atoms with Crippen molar-refractivity contribution in [2.45, 2.75) is 25.2 Å². The van der Waals surface area contributed by atoms with Gasteiger partial charge >= 0.3 is 0 Å². The minimum Gasteiger partial charge on any atom is -0.342 e. The van der Waals surface area contributed by atoms with E-state index >= 15 is 0 Å². The average Bonchev–Trinajstić information content (AvgIpc) is 3.26. The van der Waals surface area contributed by atoms with Crippen molar-refractivity contribution in [3.05, 3.63) is 35.4 Å². The smallest absolute Gasteiger partial charge is 0.226 e. The van der Waals surface area contributed by atoms with E-state index in [1.807, 2.05) is 4.90 Å². The number of hydrogen-bond acceptors (Lipinski definition) is 2. The zero-order chi connectivity index (χ0) is 16.0. The lowest BCUT2D eigenvalue weighted by atomic mass is 9.92. The van der Waals surface area contributed by atoms with Crippen molar-refractivity contribution < 1.29 is 13.6 Å². The maximum atomic E-state index is 13.9. The number of benzene rings is 1. The Kier molecular flexibility index (Phi) is 3.84. The van der Waals surface area contributed by atoms with Crippen LogP contribution in [-0.2, 0) is 4.79 Å². The molecule has 0 bridgehead atoms. The van der Waals surface area contributed by atoms with Gasteiger partial charge in [0.1, 0.15) is 11.6 Å². The molecule has 2 aliphatic heterocycles. The van der Waals surface area contributed by atoms with Crippen molar-refractivity contribution in [1.29, 1.82) is 0 Å². The van der Waals surface area contributed by atoms with Crippen molar-refractivity contribution in [3.63, 3.8) is 0 Å². The van der Waals surface area contributed by atoms with E-state index < -0.39 is 11.6 Å². The largest absolute Gasteiger partial charge is 0.342 e. The van der Waals surface area contributed by atoms with Crippen LogP contribution >= 0.6 is 0 Å². The van der Waals surface area contributed by atoms with E-state index in [0.29, 0.717) is 23.8 Å². The Hall–Kier alpha value is -1.49. The van der Waals surface area contributed by atoms with Crippen molar-refractivity contribution in [2.75, 3.05) is 26.2 Å². The van der Waals surface area contributed by atoms with E-state index in [1.165, 1.54) is 6.07 Å². The Bertz CT molecular complexity index is 607. The second-order valence-corrected chi connectivity index (χ2v) is 7.20. The van der Waals surface area contributed by atoms with Gasteiger partial charge in [-0.2, -0.15) is 0 Å². The molecule has 4 atom stereocenters. The molecule has 1 amide bonds. The van der Waals surface area contributed by atoms with Crippen LogP contribution in [0.5, 0.6) is 0 Å². The minimum absolute atomic E-state index is 0.131. The number of likely N-dealkylation sites (tertiary alicyclic amines) is 1. The van der Waals surface area contributed by atoms with Gasteiger partial charge in [-0.3, -0.25) is 4.79 Å². The van der Waals surface area contributed by atoms with E-state index in [1.54, 1.807) is 0 Å². The van der Waals surface area contributed by atoms with E-state index in [2.05, 4.69) is 5.32 Å². The van der Waals surface area contributed by atoms with Gasteiger partial charge in [-0.05, 0) is 73.9 Å². The molecule has 0 aromatic heterocycles. The zero-order valence-corrected chi connectivity index (χ0v) is 13.1. The second-order valence-electron chi connectivity index (χ2n) is 7.20. The highest BCUT2D eigenvalue weighted by atomic mass is 19.1. The predicted octanol–water partition coefficient (Wildman–Crippen LogP) is 2.53. The lowest BCUT2D eigenvalue weighted by Gasteiger charge is -2.21. The third-order valence-corrected chi connectivity index (χ3v) is 5.80. The molecule has 0 radical (unpaired) electrons. The molecular formula is C18H22F2N2O. The van der Waals surface area contributed by atoms with E-state index in [4.69, 9.17) is 0 Å². The summed E-state index contributed by atoms with van der Waals surface area (Å²) in [5.41, 5.74) is 0.360. The lowest BCUT2D eigenvalue weighted by molar-refractivity contribution is -0.132. The summed E-state index contributed by atoms with van der Waals surface area (Å²) in [6, 6.07) is 3.52. The molecule has 1 aromatic rings. The molecule has 3 nitrogen and oxygen atoms in total. The van der Waals surface area contributed by atoms with Gasteiger partial charge in [0.25, 0.3) is 0 Å². The summed E-state index contributed by atoms with van der Waals surface area (Å²) in [4.78, 5) is 14.7. The number of halogens is 2. The molecule has 0 spiro atoms. The Labute approximate surface area is 135 Å². The summed E-state index contributed by atoms with van der Waals surface area (Å²) in [6.45, 7) is 3.73. The van der Waals surface area contributed by atoms with Gasteiger partial charge in [-0.15, -0.1) is 0 Å². The number of amides is 1. The van der Waals surface area contributed by atoms with Crippen LogP contribution in [0.2, 0.25) is 0 Å². The topological polar surface area (TPSA) is 32.3 Å². The van der Waals surface area contributed by atoms with Crippen LogP contribution in [0.1, 0.15) is 30.7 Å². The Morgan fingerprint density at radius 1 is 1.13 bits per heavy atom. The number of fused-ring (bicyclic) bond motifs is 1. The van der Waals surface area contributed by atoms with Crippen LogP contribution in [0.15, 0.2) is 18.2 Å². The number of nitrogens with zero attached hydrogens (tertiary/aromatic N) is 1. The quantitative estimate of drug-likeness (QED) is 0.908. The normalized spacial score (nSPS) is 33.2. The Balaban J connectivity index is 1.41. The summed E-state index contributed by atoms with van der Waals surface area (Å²) < 4.78 is 27.2. The molecular weight excluding hydrogens is 298 g/mol. The molecule has 23 heavy (non-hydrogen) atoms. The summed E-state index contributed by atoms with van der Waals surface area (Å²) in [7, 11) is 0. The molecule has 5 heteroatoms. The molecule has 2 unspecified atom stereocenters. The minimum atomic E-state index is -0.436. The number of nitrogens with one attached hydrogen (secondary N) is 1. The molecule has 1 saturated carbocycles. The number of carbonyl (C=O) groups excluding carboxylic acids is 1. The van der Waals surface area contributed by atoms with Crippen LogP contribution in [0.25, 0.3) is 0 Å². The first kappa shape index (κ1) is 15.1. The third kappa shape index (κ3) is 2.87. The molecule has 4 rings (SSSR count). The van der Waals surface area contributed by atoms with Crippen molar-refractivity contribution in [1.82, 2.24) is 10.2 Å². The average molecular weight is 320 g/mol. The van der Waals surface area contributed by atoms with Crippen LogP contribution < -0.4 is 5.32 Å². The molecule has 2 saturated heterocycles. The number of hydrogen-bond donors (Lipinski definition) is 1. The molecule has 3 fully saturated rings. The SMILES string of the molecule is O=C(C1CC1c1cc(F)ccc1F)N1CC[C@@H]2CNC[C@@H]2CC1. The lowest BCUT2D eigenvalue weighted by Crippen LogP contribution is -2.34. The molecule has 124 valence electrons. The second kappa shape index (κ2) is 5.86. The van der Waals surface area contributed by atoms with Crippen LogP contribution in [0.4, 0.5) is 8.78 Å². The summed E-state index contributed by atoms with van der Waals surface area (Å²) in [5, 5.41) is 3.43. The van der Waals surface area contributed by atoms with E-state index in [0.717, 1.165) is 51.2 Å². The van der Waals surface area contributed by atoms with Crippen molar-refractivity contribution >= 4 is 5.91 Å². The Morgan fingerprint density at radius 3 is 2.52 bits per heavy atom. The fraction of sp³-hybridized carbons (Fsp3) is 0.611. The third-order valence-electron chi connectivity index (χ3n) is 5.80. The van der Waals surface area contributed by atoms with Gasteiger partial charge in [0.2, 0.25) is 5.91 Å². The molecule has 2 heterocycles. The maximum Gasteiger partial charge on any atom is 0.226 e. The van der Waals surface area contributed by atoms with Gasteiger partial charge in [0, 0.05) is 19.0 Å². The first-order chi connectivity index (χ1) is 11.1. The fourth-order valence-corrected chi connectivity index (χ4v) is 4.28.